The lowest BCUT2D eigenvalue weighted by molar-refractivity contribution is -0.137. The van der Waals surface area contributed by atoms with Crippen molar-refractivity contribution in [3.63, 3.8) is 0 Å². The molecule has 222 valence electrons. The third-order valence-corrected chi connectivity index (χ3v) is 8.05. The van der Waals surface area contributed by atoms with Crippen LogP contribution in [-0.4, -0.2) is 5.78 Å². The third kappa shape index (κ3) is 5.74. The SMILES string of the molecule is Cc1cc(COc2ccc(F)cc2)c(C)c(C2C(C#N)=C(N)N(c3ccc(C(F)(F)F)cc3)C3=C2C(=O)CC(C)(C)C3)c1. The van der Waals surface area contributed by atoms with Gasteiger partial charge in [-0.1, -0.05) is 31.5 Å². The monoisotopic (exact) mass is 589 g/mol. The molecule has 2 N–H and O–H groups in total. The molecule has 0 aromatic heterocycles. The highest BCUT2D eigenvalue weighted by Gasteiger charge is 2.45. The molecule has 0 spiro atoms. The van der Waals surface area contributed by atoms with Gasteiger partial charge in [-0.05, 0) is 90.9 Å². The number of benzene rings is 3. The minimum atomic E-state index is -4.52. The summed E-state index contributed by atoms with van der Waals surface area (Å²) in [5, 5.41) is 10.4. The largest absolute Gasteiger partial charge is 0.489 e. The normalized spacial score (nSPS) is 18.4. The summed E-state index contributed by atoms with van der Waals surface area (Å²) in [6.45, 7) is 7.88. The summed E-state index contributed by atoms with van der Waals surface area (Å²) in [6.07, 6.45) is -3.84. The van der Waals surface area contributed by atoms with Gasteiger partial charge in [0.1, 0.15) is 24.0 Å². The van der Waals surface area contributed by atoms with E-state index in [9.17, 15) is 27.6 Å². The van der Waals surface area contributed by atoms with E-state index < -0.39 is 23.1 Å². The van der Waals surface area contributed by atoms with E-state index in [1.54, 1.807) is 4.90 Å². The molecule has 1 aliphatic carbocycles. The van der Waals surface area contributed by atoms with Crippen LogP contribution in [0.4, 0.5) is 23.2 Å². The second kappa shape index (κ2) is 10.9. The molecule has 2 aliphatic rings. The number of alkyl halides is 3. The molecule has 3 aromatic rings. The molecule has 1 atom stereocenters. The molecule has 1 unspecified atom stereocenters. The van der Waals surface area contributed by atoms with Crippen molar-refractivity contribution in [2.45, 2.75) is 59.2 Å². The smallest absolute Gasteiger partial charge is 0.416 e. The molecule has 0 bridgehead atoms. The number of hydrogen-bond donors (Lipinski definition) is 1. The van der Waals surface area contributed by atoms with Crippen LogP contribution in [0.2, 0.25) is 0 Å². The Morgan fingerprint density at radius 3 is 2.30 bits per heavy atom. The van der Waals surface area contributed by atoms with Gasteiger partial charge >= 0.3 is 6.18 Å². The molecular weight excluding hydrogens is 558 g/mol. The second-order valence-electron chi connectivity index (χ2n) is 11.9. The summed E-state index contributed by atoms with van der Waals surface area (Å²) in [5.74, 6) is -0.717. The van der Waals surface area contributed by atoms with Gasteiger partial charge in [-0.3, -0.25) is 9.69 Å². The zero-order valence-electron chi connectivity index (χ0n) is 24.3. The van der Waals surface area contributed by atoms with Gasteiger partial charge in [0.2, 0.25) is 0 Å². The van der Waals surface area contributed by atoms with Gasteiger partial charge in [-0.2, -0.15) is 18.4 Å². The van der Waals surface area contributed by atoms with E-state index in [2.05, 4.69) is 6.07 Å². The van der Waals surface area contributed by atoms with E-state index in [1.807, 2.05) is 39.8 Å². The molecular formula is C34H31F4N3O2. The minimum Gasteiger partial charge on any atom is -0.489 e. The molecule has 9 heteroatoms. The number of ether oxygens (including phenoxy) is 1. The number of ketones is 1. The maximum Gasteiger partial charge on any atom is 0.416 e. The Hall–Kier alpha value is -4.58. The first-order valence-electron chi connectivity index (χ1n) is 13.8. The van der Waals surface area contributed by atoms with Crippen molar-refractivity contribution in [2.75, 3.05) is 4.90 Å². The van der Waals surface area contributed by atoms with E-state index in [4.69, 9.17) is 10.5 Å². The lowest BCUT2D eigenvalue weighted by Crippen LogP contribution is -2.42. The van der Waals surface area contributed by atoms with Gasteiger partial charge in [-0.25, -0.2) is 4.39 Å². The lowest BCUT2D eigenvalue weighted by Gasteiger charge is -2.44. The van der Waals surface area contributed by atoms with E-state index >= 15 is 0 Å². The fourth-order valence-corrected chi connectivity index (χ4v) is 6.02. The zero-order valence-corrected chi connectivity index (χ0v) is 24.3. The first-order valence-corrected chi connectivity index (χ1v) is 13.8. The van der Waals surface area contributed by atoms with Gasteiger partial charge in [-0.15, -0.1) is 0 Å². The van der Waals surface area contributed by atoms with Gasteiger partial charge in [0, 0.05) is 23.4 Å². The summed E-state index contributed by atoms with van der Waals surface area (Å²) in [7, 11) is 0. The summed E-state index contributed by atoms with van der Waals surface area (Å²) in [6, 6.07) is 16.4. The van der Waals surface area contributed by atoms with Crippen LogP contribution in [0.15, 0.2) is 83.3 Å². The third-order valence-electron chi connectivity index (χ3n) is 8.05. The lowest BCUT2D eigenvalue weighted by atomic mass is 9.68. The van der Waals surface area contributed by atoms with Crippen LogP contribution in [-0.2, 0) is 17.6 Å². The van der Waals surface area contributed by atoms with Crippen LogP contribution < -0.4 is 15.4 Å². The van der Waals surface area contributed by atoms with Crippen molar-refractivity contribution in [3.05, 3.63) is 117 Å². The van der Waals surface area contributed by atoms with Crippen molar-refractivity contribution < 1.29 is 27.1 Å². The number of nitrogens with zero attached hydrogens (tertiary/aromatic N) is 2. The highest BCUT2D eigenvalue weighted by molar-refractivity contribution is 6.01. The van der Waals surface area contributed by atoms with Crippen LogP contribution in [0, 0.1) is 36.4 Å². The number of allylic oxidation sites excluding steroid dienone is 3. The molecule has 5 nitrogen and oxygen atoms in total. The number of rotatable bonds is 5. The standard InChI is InChI=1S/C34H31F4N3O2/c1-19-13-21(18-43-25-11-7-23(35)8-12-25)20(2)26(14-19)30-27(17-39)32(40)41(24-9-5-22(6-10-24)34(36,37)38)28-15-33(3,4)16-29(42)31(28)30/h5-14,30H,15-16,18,40H2,1-4H3. The van der Waals surface area contributed by atoms with Crippen LogP contribution in [0.25, 0.3) is 0 Å². The van der Waals surface area contributed by atoms with Crippen LogP contribution in [0.3, 0.4) is 0 Å². The maximum absolute atomic E-state index is 13.9. The topological polar surface area (TPSA) is 79.3 Å². The van der Waals surface area contributed by atoms with Gasteiger partial charge in [0.15, 0.2) is 5.78 Å². The van der Waals surface area contributed by atoms with Crippen LogP contribution in [0.1, 0.15) is 60.4 Å². The number of aryl methyl sites for hydroxylation is 1. The van der Waals surface area contributed by atoms with Crippen molar-refractivity contribution in [1.29, 1.82) is 5.26 Å². The van der Waals surface area contributed by atoms with Crippen LogP contribution in [0.5, 0.6) is 5.75 Å². The summed E-state index contributed by atoms with van der Waals surface area (Å²) < 4.78 is 59.2. The quantitative estimate of drug-likeness (QED) is 0.305. The van der Waals surface area contributed by atoms with Crippen molar-refractivity contribution in [2.24, 2.45) is 11.1 Å². The average molecular weight is 590 g/mol. The highest BCUT2D eigenvalue weighted by Crippen LogP contribution is 2.51. The number of halogens is 4. The second-order valence-corrected chi connectivity index (χ2v) is 11.9. The van der Waals surface area contributed by atoms with Crippen molar-refractivity contribution in [1.82, 2.24) is 0 Å². The Morgan fingerprint density at radius 2 is 1.70 bits per heavy atom. The molecule has 1 heterocycles. The van der Waals surface area contributed by atoms with Gasteiger partial charge in [0.25, 0.3) is 0 Å². The number of anilines is 1. The summed E-state index contributed by atoms with van der Waals surface area (Å²) >= 11 is 0. The molecule has 0 saturated carbocycles. The molecule has 3 aromatic carbocycles. The highest BCUT2D eigenvalue weighted by atomic mass is 19.4. The first-order chi connectivity index (χ1) is 20.2. The first kappa shape index (κ1) is 29.9. The van der Waals surface area contributed by atoms with E-state index in [0.29, 0.717) is 29.1 Å². The molecule has 1 aliphatic heterocycles. The molecule has 43 heavy (non-hydrogen) atoms. The molecule has 5 rings (SSSR count). The summed E-state index contributed by atoms with van der Waals surface area (Å²) in [5.41, 5.74) is 10.2. The number of carbonyl (C=O) groups is 1. The Morgan fingerprint density at radius 1 is 1.05 bits per heavy atom. The van der Waals surface area contributed by atoms with E-state index in [-0.39, 0.29) is 36.0 Å². The van der Waals surface area contributed by atoms with E-state index in [1.165, 1.54) is 36.4 Å². The molecule has 0 saturated heterocycles. The van der Waals surface area contributed by atoms with Gasteiger partial charge < -0.3 is 10.5 Å². The Bertz CT molecular complexity index is 1700. The Kier molecular flexibility index (Phi) is 7.59. The number of carbonyl (C=O) groups excluding carboxylic acids is 1. The average Bonchev–Trinajstić information content (AvgIpc) is 2.92. The van der Waals surface area contributed by atoms with Gasteiger partial charge in [0.05, 0.1) is 23.1 Å². The molecule has 0 fully saturated rings. The number of nitrogens with two attached hydrogens (primary N) is 1. The predicted molar refractivity (Wildman–Crippen MR) is 155 cm³/mol. The fraction of sp³-hybridized carbons (Fsp3) is 0.294. The predicted octanol–water partition coefficient (Wildman–Crippen LogP) is 7.98. The Balaban J connectivity index is 1.65. The number of Topliss-reactive ketones (excluding diaryl/α,β-unsaturated/α-hetero) is 1. The Labute approximate surface area is 247 Å². The zero-order chi connectivity index (χ0) is 31.3. The molecule has 0 radical (unpaired) electrons. The van der Waals surface area contributed by atoms with Crippen LogP contribution >= 0.6 is 0 Å². The van der Waals surface area contributed by atoms with Crippen molar-refractivity contribution in [3.8, 4) is 11.8 Å². The summed E-state index contributed by atoms with van der Waals surface area (Å²) in [4.78, 5) is 15.5. The van der Waals surface area contributed by atoms with E-state index in [0.717, 1.165) is 34.4 Å². The number of hydrogen-bond acceptors (Lipinski definition) is 5. The van der Waals surface area contributed by atoms with Crippen molar-refractivity contribution >= 4 is 11.5 Å². The fourth-order valence-electron chi connectivity index (χ4n) is 6.02. The molecule has 0 amide bonds. The maximum atomic E-state index is 13.9. The minimum absolute atomic E-state index is 0.0709. The number of nitriles is 1.